The molecule has 0 heterocycles. The van der Waals surface area contributed by atoms with Crippen LogP contribution < -0.4 is 5.73 Å². The van der Waals surface area contributed by atoms with Gasteiger partial charge >= 0.3 is 0 Å². The van der Waals surface area contributed by atoms with Crippen LogP contribution in [0.1, 0.15) is 37.3 Å². The van der Waals surface area contributed by atoms with Crippen molar-refractivity contribution in [2.24, 2.45) is 11.7 Å². The molecule has 2 nitrogen and oxygen atoms in total. The Labute approximate surface area is 101 Å². The Morgan fingerprint density at radius 3 is 2.75 bits per heavy atom. The van der Waals surface area contributed by atoms with Crippen molar-refractivity contribution in [2.75, 3.05) is 0 Å². The number of carbonyl (C=O) groups excluding carboxylic acids is 1. The van der Waals surface area contributed by atoms with E-state index in [0.717, 1.165) is 24.8 Å². The Bertz CT molecular complexity index is 391. The lowest BCUT2D eigenvalue weighted by molar-refractivity contribution is -0.125. The first-order chi connectivity index (χ1) is 7.70. The Kier molecular flexibility index (Phi) is 3.62. The van der Waals surface area contributed by atoms with E-state index in [0.29, 0.717) is 17.2 Å². The highest BCUT2D eigenvalue weighted by atomic mass is 35.5. The van der Waals surface area contributed by atoms with Gasteiger partial charge in [-0.05, 0) is 24.5 Å². The molecule has 2 rings (SSSR count). The SMILES string of the molecule is N[C@H](c1ccccc1Cl)[C@H]1CCCCC1=O. The van der Waals surface area contributed by atoms with E-state index in [1.807, 2.05) is 24.3 Å². The fraction of sp³-hybridized carbons (Fsp3) is 0.462. The smallest absolute Gasteiger partial charge is 0.137 e. The van der Waals surface area contributed by atoms with E-state index in [2.05, 4.69) is 0 Å². The van der Waals surface area contributed by atoms with Crippen LogP contribution in [0.3, 0.4) is 0 Å². The summed E-state index contributed by atoms with van der Waals surface area (Å²) in [5.74, 6) is 0.243. The summed E-state index contributed by atoms with van der Waals surface area (Å²) in [6, 6.07) is 7.27. The minimum atomic E-state index is -0.249. The normalized spacial score (nSPS) is 23.1. The molecule has 0 saturated heterocycles. The summed E-state index contributed by atoms with van der Waals surface area (Å²) in [4.78, 5) is 11.8. The molecule has 0 unspecified atom stereocenters. The molecule has 0 spiro atoms. The third kappa shape index (κ3) is 2.28. The Morgan fingerprint density at radius 1 is 1.31 bits per heavy atom. The number of hydrogen-bond donors (Lipinski definition) is 1. The molecule has 1 aliphatic rings. The van der Waals surface area contributed by atoms with Crippen molar-refractivity contribution >= 4 is 17.4 Å². The topological polar surface area (TPSA) is 43.1 Å². The van der Waals surface area contributed by atoms with Crippen molar-refractivity contribution < 1.29 is 4.79 Å². The Morgan fingerprint density at radius 2 is 2.06 bits per heavy atom. The maximum absolute atomic E-state index is 11.8. The monoisotopic (exact) mass is 237 g/mol. The third-order valence-electron chi connectivity index (χ3n) is 3.30. The number of rotatable bonds is 2. The van der Waals surface area contributed by atoms with E-state index < -0.39 is 0 Å². The summed E-state index contributed by atoms with van der Waals surface area (Å²) in [7, 11) is 0. The summed E-state index contributed by atoms with van der Waals surface area (Å²) in [5.41, 5.74) is 7.05. The minimum Gasteiger partial charge on any atom is -0.323 e. The zero-order valence-corrected chi connectivity index (χ0v) is 9.91. The molecule has 2 atom stereocenters. The molecule has 0 bridgehead atoms. The first-order valence-electron chi connectivity index (χ1n) is 5.73. The lowest BCUT2D eigenvalue weighted by atomic mass is 9.80. The molecule has 0 amide bonds. The standard InChI is InChI=1S/C13H16ClNO/c14-11-7-3-1-5-9(11)13(15)10-6-2-4-8-12(10)16/h1,3,5,7,10,13H,2,4,6,8,15H2/t10-,13+/m0/s1. The lowest BCUT2D eigenvalue weighted by Crippen LogP contribution is -2.30. The van der Waals surface area contributed by atoms with Gasteiger partial charge in [-0.3, -0.25) is 4.79 Å². The average molecular weight is 238 g/mol. The van der Waals surface area contributed by atoms with Crippen molar-refractivity contribution in [2.45, 2.75) is 31.7 Å². The van der Waals surface area contributed by atoms with Crippen LogP contribution in [0, 0.1) is 5.92 Å². The van der Waals surface area contributed by atoms with Gasteiger partial charge in [-0.2, -0.15) is 0 Å². The summed E-state index contributed by atoms with van der Waals surface area (Å²) in [6.07, 6.45) is 3.66. The maximum Gasteiger partial charge on any atom is 0.137 e. The number of carbonyl (C=O) groups is 1. The zero-order valence-electron chi connectivity index (χ0n) is 9.16. The van der Waals surface area contributed by atoms with Gasteiger partial charge in [0.2, 0.25) is 0 Å². The highest BCUT2D eigenvalue weighted by Crippen LogP contribution is 2.33. The van der Waals surface area contributed by atoms with Gasteiger partial charge in [0.05, 0.1) is 0 Å². The van der Waals surface area contributed by atoms with Crippen molar-refractivity contribution in [1.29, 1.82) is 0 Å². The zero-order chi connectivity index (χ0) is 11.5. The molecule has 86 valence electrons. The van der Waals surface area contributed by atoms with Crippen molar-refractivity contribution in [3.05, 3.63) is 34.9 Å². The third-order valence-corrected chi connectivity index (χ3v) is 3.64. The van der Waals surface area contributed by atoms with Crippen LogP contribution in [0.2, 0.25) is 5.02 Å². The molecule has 16 heavy (non-hydrogen) atoms. The molecule has 0 aliphatic heterocycles. The molecule has 1 saturated carbocycles. The highest BCUT2D eigenvalue weighted by Gasteiger charge is 2.29. The molecule has 1 aliphatic carbocycles. The largest absolute Gasteiger partial charge is 0.323 e. The number of Topliss-reactive ketones (excluding diaryl/α,β-unsaturated/α-hetero) is 1. The van der Waals surface area contributed by atoms with Gasteiger partial charge in [0.25, 0.3) is 0 Å². The molecule has 2 N–H and O–H groups in total. The number of halogens is 1. The molecule has 0 radical (unpaired) electrons. The number of benzene rings is 1. The fourth-order valence-corrected chi connectivity index (χ4v) is 2.61. The van der Waals surface area contributed by atoms with Gasteiger partial charge in [-0.15, -0.1) is 0 Å². The van der Waals surface area contributed by atoms with Crippen LogP contribution in [-0.4, -0.2) is 5.78 Å². The molecular weight excluding hydrogens is 222 g/mol. The van der Waals surface area contributed by atoms with Crippen molar-refractivity contribution in [1.82, 2.24) is 0 Å². The Balaban J connectivity index is 2.21. The summed E-state index contributed by atoms with van der Waals surface area (Å²) < 4.78 is 0. The molecule has 3 heteroatoms. The summed E-state index contributed by atoms with van der Waals surface area (Å²) in [5, 5.41) is 0.661. The van der Waals surface area contributed by atoms with Gasteiger partial charge < -0.3 is 5.73 Å². The van der Waals surface area contributed by atoms with Gasteiger partial charge in [0.15, 0.2) is 0 Å². The number of ketones is 1. The highest BCUT2D eigenvalue weighted by molar-refractivity contribution is 6.31. The second kappa shape index (κ2) is 4.98. The van der Waals surface area contributed by atoms with Crippen LogP contribution in [-0.2, 0) is 4.79 Å². The van der Waals surface area contributed by atoms with E-state index in [-0.39, 0.29) is 12.0 Å². The Hall–Kier alpha value is -0.860. The van der Waals surface area contributed by atoms with E-state index >= 15 is 0 Å². The van der Waals surface area contributed by atoms with Crippen LogP contribution >= 0.6 is 11.6 Å². The van der Waals surface area contributed by atoms with Crippen LogP contribution in [0.5, 0.6) is 0 Å². The second-order valence-electron chi connectivity index (χ2n) is 4.37. The molecule has 1 aromatic carbocycles. The van der Waals surface area contributed by atoms with E-state index in [4.69, 9.17) is 17.3 Å². The van der Waals surface area contributed by atoms with Crippen LogP contribution in [0.15, 0.2) is 24.3 Å². The van der Waals surface area contributed by atoms with E-state index in [9.17, 15) is 4.79 Å². The molecular formula is C13H16ClNO. The summed E-state index contributed by atoms with van der Waals surface area (Å²) >= 11 is 6.09. The fourth-order valence-electron chi connectivity index (χ4n) is 2.35. The number of nitrogens with two attached hydrogens (primary N) is 1. The van der Waals surface area contributed by atoms with Gasteiger partial charge in [0, 0.05) is 23.4 Å². The average Bonchev–Trinajstić information content (AvgIpc) is 2.29. The van der Waals surface area contributed by atoms with Crippen molar-refractivity contribution in [3.63, 3.8) is 0 Å². The first kappa shape index (κ1) is 11.6. The van der Waals surface area contributed by atoms with Crippen molar-refractivity contribution in [3.8, 4) is 0 Å². The second-order valence-corrected chi connectivity index (χ2v) is 4.77. The predicted molar refractivity (Wildman–Crippen MR) is 65.3 cm³/mol. The first-order valence-corrected chi connectivity index (χ1v) is 6.10. The van der Waals surface area contributed by atoms with Gasteiger partial charge in [-0.1, -0.05) is 36.2 Å². The summed E-state index contributed by atoms with van der Waals surface area (Å²) in [6.45, 7) is 0. The molecule has 1 fully saturated rings. The maximum atomic E-state index is 11.8. The van der Waals surface area contributed by atoms with Gasteiger partial charge in [0.1, 0.15) is 5.78 Å². The molecule has 0 aromatic heterocycles. The van der Waals surface area contributed by atoms with Crippen LogP contribution in [0.4, 0.5) is 0 Å². The quantitative estimate of drug-likeness (QED) is 0.859. The van der Waals surface area contributed by atoms with Crippen LogP contribution in [0.25, 0.3) is 0 Å². The lowest BCUT2D eigenvalue weighted by Gasteiger charge is -2.27. The number of hydrogen-bond acceptors (Lipinski definition) is 2. The van der Waals surface area contributed by atoms with Gasteiger partial charge in [-0.25, -0.2) is 0 Å². The molecule has 1 aromatic rings. The van der Waals surface area contributed by atoms with E-state index in [1.165, 1.54) is 0 Å². The minimum absolute atomic E-state index is 0.0475. The predicted octanol–water partition coefficient (Wildman–Crippen LogP) is 3.10. The van der Waals surface area contributed by atoms with E-state index in [1.54, 1.807) is 0 Å².